The predicted molar refractivity (Wildman–Crippen MR) is 102 cm³/mol. The topological polar surface area (TPSA) is 53.6 Å². The number of nitrogens with zero attached hydrogens (tertiary/aromatic N) is 2. The van der Waals surface area contributed by atoms with Crippen LogP contribution in [0.5, 0.6) is 0 Å². The van der Waals surface area contributed by atoms with Gasteiger partial charge in [0.1, 0.15) is 11.3 Å². The van der Waals surface area contributed by atoms with Crippen molar-refractivity contribution in [1.29, 1.82) is 0 Å². The normalized spacial score (nSPS) is 14.9. The molecule has 3 heterocycles. The standard InChI is InChI=1S/C21H22N4/c1-15-6-5-12-22-19(15)10-9-16-14-24-21-18(11-13-23-21)20(16)25-17-7-3-2-4-8-17/h5-6,11-14,17H,2-4,7-8H2,1H3,(H2,23,24,25). The van der Waals surface area contributed by atoms with Crippen LogP contribution in [0.3, 0.4) is 0 Å². The number of hydrogen-bond acceptors (Lipinski definition) is 3. The first-order valence-corrected chi connectivity index (χ1v) is 8.97. The van der Waals surface area contributed by atoms with Crippen LogP contribution in [-0.4, -0.2) is 21.0 Å². The summed E-state index contributed by atoms with van der Waals surface area (Å²) in [5.41, 5.74) is 4.84. The molecule has 0 atom stereocenters. The van der Waals surface area contributed by atoms with Crippen molar-refractivity contribution >= 4 is 16.7 Å². The van der Waals surface area contributed by atoms with Crippen molar-refractivity contribution in [2.24, 2.45) is 0 Å². The van der Waals surface area contributed by atoms with Crippen LogP contribution in [0.15, 0.2) is 36.8 Å². The zero-order valence-corrected chi connectivity index (χ0v) is 14.5. The third-order valence-corrected chi connectivity index (χ3v) is 4.87. The maximum Gasteiger partial charge on any atom is 0.139 e. The van der Waals surface area contributed by atoms with Gasteiger partial charge in [-0.1, -0.05) is 31.2 Å². The molecule has 1 saturated carbocycles. The molecule has 0 spiro atoms. The Morgan fingerprint density at radius 2 is 2.00 bits per heavy atom. The van der Waals surface area contributed by atoms with Crippen LogP contribution in [0.25, 0.3) is 11.0 Å². The van der Waals surface area contributed by atoms with Gasteiger partial charge in [0.2, 0.25) is 0 Å². The number of anilines is 1. The van der Waals surface area contributed by atoms with Gasteiger partial charge in [-0.2, -0.15) is 0 Å². The lowest BCUT2D eigenvalue weighted by molar-refractivity contribution is 0.463. The molecule has 0 saturated heterocycles. The number of pyridine rings is 2. The SMILES string of the molecule is Cc1cccnc1C#Cc1cnc2[nH]ccc2c1NC1CCCCC1. The van der Waals surface area contributed by atoms with E-state index < -0.39 is 0 Å². The van der Waals surface area contributed by atoms with E-state index in [-0.39, 0.29) is 0 Å². The van der Waals surface area contributed by atoms with Crippen molar-refractivity contribution in [1.82, 2.24) is 15.0 Å². The molecule has 4 heteroatoms. The highest BCUT2D eigenvalue weighted by atomic mass is 14.9. The van der Waals surface area contributed by atoms with E-state index in [4.69, 9.17) is 0 Å². The first-order valence-electron chi connectivity index (χ1n) is 8.97. The summed E-state index contributed by atoms with van der Waals surface area (Å²) in [7, 11) is 0. The fraction of sp³-hybridized carbons (Fsp3) is 0.333. The Morgan fingerprint density at radius 3 is 2.84 bits per heavy atom. The highest BCUT2D eigenvalue weighted by Crippen LogP contribution is 2.29. The molecule has 0 aliphatic heterocycles. The average molecular weight is 330 g/mol. The summed E-state index contributed by atoms with van der Waals surface area (Å²) >= 11 is 0. The summed E-state index contributed by atoms with van der Waals surface area (Å²) in [6, 6.07) is 6.56. The van der Waals surface area contributed by atoms with Crippen LogP contribution in [0.2, 0.25) is 0 Å². The van der Waals surface area contributed by atoms with Gasteiger partial charge in [-0.25, -0.2) is 9.97 Å². The van der Waals surface area contributed by atoms with Gasteiger partial charge < -0.3 is 10.3 Å². The van der Waals surface area contributed by atoms with E-state index in [0.717, 1.165) is 33.5 Å². The van der Waals surface area contributed by atoms with Crippen LogP contribution in [0.4, 0.5) is 5.69 Å². The summed E-state index contributed by atoms with van der Waals surface area (Å²) < 4.78 is 0. The summed E-state index contributed by atoms with van der Waals surface area (Å²) in [6.45, 7) is 2.03. The van der Waals surface area contributed by atoms with Gasteiger partial charge in [-0.05, 0) is 43.4 Å². The Kier molecular flexibility index (Phi) is 4.39. The van der Waals surface area contributed by atoms with Crippen molar-refractivity contribution in [2.75, 3.05) is 5.32 Å². The minimum absolute atomic E-state index is 0.520. The number of aromatic nitrogens is 3. The van der Waals surface area contributed by atoms with Crippen molar-refractivity contribution in [3.63, 3.8) is 0 Å². The maximum absolute atomic E-state index is 4.51. The molecule has 3 aromatic rings. The molecule has 4 rings (SSSR count). The lowest BCUT2D eigenvalue weighted by atomic mass is 9.95. The summed E-state index contributed by atoms with van der Waals surface area (Å²) in [6.07, 6.45) is 12.0. The molecule has 2 N–H and O–H groups in total. The molecule has 1 aliphatic carbocycles. The molecule has 0 radical (unpaired) electrons. The third-order valence-electron chi connectivity index (χ3n) is 4.87. The van der Waals surface area contributed by atoms with Gasteiger partial charge in [0, 0.05) is 30.0 Å². The predicted octanol–water partition coefficient (Wildman–Crippen LogP) is 4.41. The molecule has 126 valence electrons. The van der Waals surface area contributed by atoms with Crippen molar-refractivity contribution in [2.45, 2.75) is 45.1 Å². The lowest BCUT2D eigenvalue weighted by Gasteiger charge is -2.24. The average Bonchev–Trinajstić information content (AvgIpc) is 3.12. The van der Waals surface area contributed by atoms with E-state index in [9.17, 15) is 0 Å². The Bertz CT molecular complexity index is 939. The summed E-state index contributed by atoms with van der Waals surface area (Å²) in [5.74, 6) is 6.50. The van der Waals surface area contributed by atoms with E-state index in [1.165, 1.54) is 32.1 Å². The van der Waals surface area contributed by atoms with E-state index in [1.54, 1.807) is 6.20 Å². The molecule has 0 aromatic carbocycles. The van der Waals surface area contributed by atoms with Gasteiger partial charge in [-0.15, -0.1) is 0 Å². The van der Waals surface area contributed by atoms with Gasteiger partial charge in [0.25, 0.3) is 0 Å². The second kappa shape index (κ2) is 6.98. The Labute approximate surface area is 148 Å². The van der Waals surface area contributed by atoms with E-state index in [0.29, 0.717) is 6.04 Å². The number of H-pyrrole nitrogens is 1. The fourth-order valence-corrected chi connectivity index (χ4v) is 3.45. The Balaban J connectivity index is 1.73. The quantitative estimate of drug-likeness (QED) is 0.684. The zero-order chi connectivity index (χ0) is 17.1. The van der Waals surface area contributed by atoms with E-state index in [1.807, 2.05) is 31.5 Å². The van der Waals surface area contributed by atoms with Crippen molar-refractivity contribution < 1.29 is 0 Å². The lowest BCUT2D eigenvalue weighted by Crippen LogP contribution is -2.22. The molecule has 0 unspecified atom stereocenters. The van der Waals surface area contributed by atoms with Gasteiger partial charge in [-0.3, -0.25) is 0 Å². The van der Waals surface area contributed by atoms with Crippen molar-refractivity contribution in [3.8, 4) is 11.8 Å². The first kappa shape index (κ1) is 15.7. The van der Waals surface area contributed by atoms with Gasteiger partial charge >= 0.3 is 0 Å². The maximum atomic E-state index is 4.51. The molecule has 0 bridgehead atoms. The minimum Gasteiger partial charge on any atom is -0.381 e. The third kappa shape index (κ3) is 3.36. The second-order valence-corrected chi connectivity index (χ2v) is 6.69. The number of rotatable bonds is 2. The number of nitrogens with one attached hydrogen (secondary N) is 2. The number of aryl methyl sites for hydroxylation is 1. The van der Waals surface area contributed by atoms with Crippen LogP contribution < -0.4 is 5.32 Å². The van der Waals surface area contributed by atoms with E-state index in [2.05, 4.69) is 38.2 Å². The molecular weight excluding hydrogens is 308 g/mol. The number of fused-ring (bicyclic) bond motifs is 1. The van der Waals surface area contributed by atoms with Crippen LogP contribution >= 0.6 is 0 Å². The Morgan fingerprint density at radius 1 is 1.12 bits per heavy atom. The highest BCUT2D eigenvalue weighted by molar-refractivity contribution is 5.92. The largest absolute Gasteiger partial charge is 0.381 e. The van der Waals surface area contributed by atoms with Gasteiger partial charge in [0.15, 0.2) is 0 Å². The molecular formula is C21H22N4. The second-order valence-electron chi connectivity index (χ2n) is 6.69. The molecule has 25 heavy (non-hydrogen) atoms. The van der Waals surface area contributed by atoms with Crippen LogP contribution in [0, 0.1) is 18.8 Å². The molecule has 1 fully saturated rings. The van der Waals surface area contributed by atoms with E-state index >= 15 is 0 Å². The smallest absolute Gasteiger partial charge is 0.139 e. The molecule has 3 aromatic heterocycles. The monoisotopic (exact) mass is 330 g/mol. The van der Waals surface area contributed by atoms with Crippen LogP contribution in [0.1, 0.15) is 48.9 Å². The van der Waals surface area contributed by atoms with Crippen molar-refractivity contribution in [3.05, 3.63) is 53.6 Å². The zero-order valence-electron chi connectivity index (χ0n) is 14.5. The molecule has 4 nitrogen and oxygen atoms in total. The minimum atomic E-state index is 0.520. The first-order chi connectivity index (χ1) is 12.3. The molecule has 1 aliphatic rings. The fourth-order valence-electron chi connectivity index (χ4n) is 3.45. The number of aromatic amines is 1. The van der Waals surface area contributed by atoms with Crippen LogP contribution in [-0.2, 0) is 0 Å². The van der Waals surface area contributed by atoms with Gasteiger partial charge in [0.05, 0.1) is 11.3 Å². The number of hydrogen-bond donors (Lipinski definition) is 2. The summed E-state index contributed by atoms with van der Waals surface area (Å²) in [5, 5.41) is 4.85. The Hall–Kier alpha value is -2.80. The summed E-state index contributed by atoms with van der Waals surface area (Å²) in [4.78, 5) is 12.1. The highest BCUT2D eigenvalue weighted by Gasteiger charge is 2.16. The molecule has 0 amide bonds.